The third kappa shape index (κ3) is 2.40. The van der Waals surface area contributed by atoms with Gasteiger partial charge < -0.3 is 9.64 Å². The van der Waals surface area contributed by atoms with Crippen LogP contribution < -0.4 is 4.74 Å². The Hall–Kier alpha value is -2.62. The minimum Gasteiger partial charge on any atom is -0.473 e. The van der Waals surface area contributed by atoms with Crippen LogP contribution in [0.5, 0.6) is 5.88 Å². The van der Waals surface area contributed by atoms with Crippen molar-refractivity contribution < 1.29 is 9.53 Å². The number of hydrogen-bond donors (Lipinski definition) is 0. The maximum Gasteiger partial charge on any atom is 0.254 e. The maximum absolute atomic E-state index is 12.7. The molecule has 23 heavy (non-hydrogen) atoms. The first-order valence-corrected chi connectivity index (χ1v) is 7.85. The number of amides is 1. The average Bonchev–Trinajstić information content (AvgIpc) is 3.05. The van der Waals surface area contributed by atoms with Gasteiger partial charge in [0, 0.05) is 24.7 Å². The number of pyridine rings is 1. The summed E-state index contributed by atoms with van der Waals surface area (Å²) in [6.07, 6.45) is 6.85. The fourth-order valence-electron chi connectivity index (χ4n) is 3.36. The number of ether oxygens (including phenoxy) is 1. The molecule has 1 amide bonds. The molecule has 4 heteroatoms. The molecule has 0 N–H and O–H groups in total. The lowest BCUT2D eigenvalue weighted by Crippen LogP contribution is -2.33. The molecule has 2 bridgehead atoms. The van der Waals surface area contributed by atoms with E-state index in [0.29, 0.717) is 18.1 Å². The smallest absolute Gasteiger partial charge is 0.254 e. The zero-order valence-electron chi connectivity index (χ0n) is 13.0. The van der Waals surface area contributed by atoms with Gasteiger partial charge in [0.25, 0.3) is 5.91 Å². The second kappa shape index (κ2) is 5.54. The number of allylic oxidation sites excluding steroid dienone is 1. The standard InChI is InChI=1S/C19H18N2O2/c1-21-15-8-7-14(11-15)17-16(19(21)22)9-10-20-18(17)23-12-13-5-3-2-4-6-13/h2-10,14-15H,11-12H2,1H3. The molecule has 4 rings (SSSR count). The Bertz CT molecular complexity index is 770. The maximum atomic E-state index is 12.7. The number of carbonyl (C=O) groups excluding carboxylic acids is 1. The molecule has 116 valence electrons. The molecule has 1 aromatic heterocycles. The number of likely N-dealkylation sites (N-methyl/N-ethyl adjacent to an activating group) is 1. The van der Waals surface area contributed by atoms with E-state index in [1.807, 2.05) is 42.3 Å². The molecule has 1 aliphatic heterocycles. The van der Waals surface area contributed by atoms with Crippen molar-refractivity contribution in [1.82, 2.24) is 9.88 Å². The highest BCUT2D eigenvalue weighted by molar-refractivity contribution is 5.97. The highest BCUT2D eigenvalue weighted by atomic mass is 16.5. The van der Waals surface area contributed by atoms with Gasteiger partial charge >= 0.3 is 0 Å². The lowest BCUT2D eigenvalue weighted by Gasteiger charge is -2.21. The van der Waals surface area contributed by atoms with Crippen molar-refractivity contribution in [3.63, 3.8) is 0 Å². The summed E-state index contributed by atoms with van der Waals surface area (Å²) in [6.45, 7) is 0.453. The van der Waals surface area contributed by atoms with Crippen molar-refractivity contribution in [2.45, 2.75) is 25.0 Å². The highest BCUT2D eigenvalue weighted by Gasteiger charge is 2.36. The van der Waals surface area contributed by atoms with Gasteiger partial charge in [-0.05, 0) is 18.1 Å². The van der Waals surface area contributed by atoms with Gasteiger partial charge in [-0.1, -0.05) is 42.5 Å². The Kier molecular flexibility index (Phi) is 3.37. The molecule has 2 aliphatic rings. The lowest BCUT2D eigenvalue weighted by atomic mass is 9.95. The largest absolute Gasteiger partial charge is 0.473 e. The highest BCUT2D eigenvalue weighted by Crippen LogP contribution is 2.40. The van der Waals surface area contributed by atoms with E-state index in [4.69, 9.17) is 4.74 Å². The van der Waals surface area contributed by atoms with E-state index in [1.54, 1.807) is 12.3 Å². The average molecular weight is 306 g/mol. The van der Waals surface area contributed by atoms with Gasteiger partial charge in [-0.3, -0.25) is 4.79 Å². The summed E-state index contributed by atoms with van der Waals surface area (Å²) < 4.78 is 5.96. The molecule has 0 fully saturated rings. The molecule has 2 unspecified atom stereocenters. The van der Waals surface area contributed by atoms with Crippen molar-refractivity contribution in [3.05, 3.63) is 71.4 Å². The van der Waals surface area contributed by atoms with E-state index >= 15 is 0 Å². The number of carbonyl (C=O) groups is 1. The van der Waals surface area contributed by atoms with Gasteiger partial charge in [0.2, 0.25) is 5.88 Å². The summed E-state index contributed by atoms with van der Waals surface area (Å²) in [5.74, 6) is 0.817. The first-order valence-electron chi connectivity index (χ1n) is 7.85. The van der Waals surface area contributed by atoms with E-state index in [1.165, 1.54) is 0 Å². The predicted octanol–water partition coefficient (Wildman–Crippen LogP) is 3.16. The van der Waals surface area contributed by atoms with Crippen LogP contribution in [0.4, 0.5) is 0 Å². The third-order valence-electron chi connectivity index (χ3n) is 4.65. The number of benzene rings is 1. The van der Waals surface area contributed by atoms with Crippen LogP contribution in [-0.2, 0) is 6.61 Å². The van der Waals surface area contributed by atoms with Crippen LogP contribution in [0.1, 0.15) is 33.8 Å². The predicted molar refractivity (Wildman–Crippen MR) is 87.4 cm³/mol. The molecular weight excluding hydrogens is 288 g/mol. The molecule has 0 radical (unpaired) electrons. The van der Waals surface area contributed by atoms with Gasteiger partial charge in [-0.2, -0.15) is 0 Å². The Morgan fingerprint density at radius 2 is 2.04 bits per heavy atom. The van der Waals surface area contributed by atoms with Gasteiger partial charge in [-0.25, -0.2) is 4.98 Å². The van der Waals surface area contributed by atoms with Crippen LogP contribution in [0.2, 0.25) is 0 Å². The van der Waals surface area contributed by atoms with E-state index in [9.17, 15) is 4.79 Å². The molecule has 1 aliphatic carbocycles. The monoisotopic (exact) mass is 306 g/mol. The van der Waals surface area contributed by atoms with E-state index in [-0.39, 0.29) is 17.9 Å². The van der Waals surface area contributed by atoms with E-state index < -0.39 is 0 Å². The summed E-state index contributed by atoms with van der Waals surface area (Å²) >= 11 is 0. The molecular formula is C19H18N2O2. The molecule has 0 saturated carbocycles. The van der Waals surface area contributed by atoms with Gasteiger partial charge in [0.1, 0.15) is 6.61 Å². The van der Waals surface area contributed by atoms with Crippen molar-refractivity contribution in [2.24, 2.45) is 0 Å². The van der Waals surface area contributed by atoms with Crippen molar-refractivity contribution in [1.29, 1.82) is 0 Å². The van der Waals surface area contributed by atoms with Crippen LogP contribution >= 0.6 is 0 Å². The summed E-state index contributed by atoms with van der Waals surface area (Å²) in [4.78, 5) is 18.9. The first-order chi connectivity index (χ1) is 11.2. The molecule has 1 aromatic carbocycles. The fourth-order valence-corrected chi connectivity index (χ4v) is 3.36. The van der Waals surface area contributed by atoms with E-state index in [0.717, 1.165) is 17.5 Å². The molecule has 4 nitrogen and oxygen atoms in total. The minimum atomic E-state index is 0.0452. The molecule has 0 spiro atoms. The zero-order valence-corrected chi connectivity index (χ0v) is 13.0. The second-order valence-corrected chi connectivity index (χ2v) is 6.06. The molecule has 2 aromatic rings. The Morgan fingerprint density at radius 1 is 1.22 bits per heavy atom. The normalized spacial score (nSPS) is 22.0. The summed E-state index contributed by atoms with van der Waals surface area (Å²) in [5.41, 5.74) is 2.72. The fraction of sp³-hybridized carbons (Fsp3) is 0.263. The Balaban J connectivity index is 1.70. The van der Waals surface area contributed by atoms with Crippen LogP contribution in [0.25, 0.3) is 0 Å². The number of fused-ring (bicyclic) bond motifs is 4. The summed E-state index contributed by atoms with van der Waals surface area (Å²) in [6, 6.07) is 12.0. The zero-order chi connectivity index (χ0) is 15.8. The summed E-state index contributed by atoms with van der Waals surface area (Å²) in [7, 11) is 1.86. The van der Waals surface area contributed by atoms with Crippen molar-refractivity contribution in [3.8, 4) is 5.88 Å². The quantitative estimate of drug-likeness (QED) is 0.818. The van der Waals surface area contributed by atoms with Gasteiger partial charge in [-0.15, -0.1) is 0 Å². The van der Waals surface area contributed by atoms with E-state index in [2.05, 4.69) is 17.1 Å². The Morgan fingerprint density at radius 3 is 2.87 bits per heavy atom. The van der Waals surface area contributed by atoms with Gasteiger partial charge in [0.05, 0.1) is 11.6 Å². The van der Waals surface area contributed by atoms with Crippen LogP contribution in [0.15, 0.2) is 54.7 Å². The number of hydrogen-bond acceptors (Lipinski definition) is 3. The number of rotatable bonds is 3. The molecule has 0 saturated heterocycles. The van der Waals surface area contributed by atoms with Crippen LogP contribution in [-0.4, -0.2) is 28.9 Å². The topological polar surface area (TPSA) is 42.4 Å². The minimum absolute atomic E-state index is 0.0452. The SMILES string of the molecule is CN1C(=O)c2ccnc(OCc3ccccc3)c2C2C=CC1C2. The van der Waals surface area contributed by atoms with Crippen molar-refractivity contribution in [2.75, 3.05) is 7.05 Å². The molecule has 2 atom stereocenters. The third-order valence-corrected chi connectivity index (χ3v) is 4.65. The second-order valence-electron chi connectivity index (χ2n) is 6.06. The van der Waals surface area contributed by atoms with Crippen molar-refractivity contribution >= 4 is 5.91 Å². The van der Waals surface area contributed by atoms with Crippen LogP contribution in [0.3, 0.4) is 0 Å². The lowest BCUT2D eigenvalue weighted by molar-refractivity contribution is 0.0766. The summed E-state index contributed by atoms with van der Waals surface area (Å²) in [5, 5.41) is 0. The molecule has 2 heterocycles. The van der Waals surface area contributed by atoms with Crippen LogP contribution in [0, 0.1) is 0 Å². The van der Waals surface area contributed by atoms with Gasteiger partial charge in [0.15, 0.2) is 0 Å². The number of nitrogens with zero attached hydrogens (tertiary/aromatic N) is 2. The Labute approximate surface area is 135 Å². The number of aromatic nitrogens is 1. The first kappa shape index (κ1) is 14.0.